The molecule has 1 N–H and O–H groups in total. The number of Topliss-reactive ketones (excluding diaryl/α,β-unsaturated/α-hetero) is 1. The van der Waals surface area contributed by atoms with Crippen LogP contribution in [-0.2, 0) is 9.53 Å². The number of benzene rings is 1. The Bertz CT molecular complexity index is 782. The number of pyridine rings is 1. The number of nitrogens with zero attached hydrogens (tertiary/aromatic N) is 1. The molecule has 6 nitrogen and oxygen atoms in total. The Morgan fingerprint density at radius 1 is 1.08 bits per heavy atom. The second-order valence-corrected chi connectivity index (χ2v) is 5.98. The summed E-state index contributed by atoms with van der Waals surface area (Å²) in [6.45, 7) is 5.27. The molecule has 1 atom stereocenters. The number of carbonyl (C=O) groups is 3. The summed E-state index contributed by atoms with van der Waals surface area (Å²) >= 11 is 0. The predicted molar refractivity (Wildman–Crippen MR) is 98.2 cm³/mol. The highest BCUT2D eigenvalue weighted by Crippen LogP contribution is 2.14. The Morgan fingerprint density at radius 3 is 2.31 bits per heavy atom. The number of hydrogen-bond donors (Lipinski definition) is 1. The first-order chi connectivity index (χ1) is 12.4. The van der Waals surface area contributed by atoms with Crippen molar-refractivity contribution < 1.29 is 19.1 Å². The van der Waals surface area contributed by atoms with Gasteiger partial charge in [-0.3, -0.25) is 14.6 Å². The molecule has 0 radical (unpaired) electrons. The van der Waals surface area contributed by atoms with E-state index >= 15 is 0 Å². The lowest BCUT2D eigenvalue weighted by molar-refractivity contribution is -0.116. The van der Waals surface area contributed by atoms with Gasteiger partial charge in [-0.15, -0.1) is 0 Å². The first-order valence-corrected chi connectivity index (χ1v) is 8.48. The molecule has 0 aliphatic carbocycles. The average molecular weight is 354 g/mol. The molecule has 0 fully saturated rings. The van der Waals surface area contributed by atoms with Gasteiger partial charge in [0.05, 0.1) is 5.56 Å². The highest BCUT2D eigenvalue weighted by atomic mass is 16.5. The third kappa shape index (κ3) is 5.24. The first-order valence-electron chi connectivity index (χ1n) is 8.48. The van der Waals surface area contributed by atoms with Gasteiger partial charge in [0.1, 0.15) is 0 Å². The monoisotopic (exact) mass is 354 g/mol. The lowest BCUT2D eigenvalue weighted by Crippen LogP contribution is -2.24. The molecule has 0 spiro atoms. The minimum absolute atomic E-state index is 0.0689. The molecule has 1 heterocycles. The maximum absolute atomic E-state index is 12.4. The summed E-state index contributed by atoms with van der Waals surface area (Å²) in [5.74, 6) is -0.979. The van der Waals surface area contributed by atoms with Gasteiger partial charge in [-0.25, -0.2) is 4.79 Å². The van der Waals surface area contributed by atoms with Gasteiger partial charge in [0.25, 0.3) is 0 Å². The van der Waals surface area contributed by atoms with Crippen molar-refractivity contribution in [2.75, 3.05) is 5.32 Å². The highest BCUT2D eigenvalue weighted by Gasteiger charge is 2.20. The van der Waals surface area contributed by atoms with Gasteiger partial charge >= 0.3 is 5.97 Å². The third-order valence-corrected chi connectivity index (χ3v) is 3.73. The van der Waals surface area contributed by atoms with E-state index in [9.17, 15) is 14.4 Å². The van der Waals surface area contributed by atoms with Crippen molar-refractivity contribution in [3.63, 3.8) is 0 Å². The largest absolute Gasteiger partial charge is 0.451 e. The molecule has 1 aromatic carbocycles. The van der Waals surface area contributed by atoms with E-state index in [-0.39, 0.29) is 11.7 Å². The van der Waals surface area contributed by atoms with Crippen molar-refractivity contribution in [1.29, 1.82) is 0 Å². The molecule has 0 aliphatic rings. The van der Waals surface area contributed by atoms with Gasteiger partial charge in [0, 0.05) is 29.6 Å². The van der Waals surface area contributed by atoms with Crippen molar-refractivity contribution in [1.82, 2.24) is 4.98 Å². The van der Waals surface area contributed by atoms with Crippen LogP contribution in [0.3, 0.4) is 0 Å². The topological polar surface area (TPSA) is 85.4 Å². The van der Waals surface area contributed by atoms with E-state index in [1.807, 2.05) is 13.8 Å². The minimum atomic E-state index is -0.927. The lowest BCUT2D eigenvalue weighted by Gasteiger charge is -2.13. The van der Waals surface area contributed by atoms with Gasteiger partial charge in [-0.1, -0.05) is 6.92 Å². The van der Waals surface area contributed by atoms with E-state index in [4.69, 9.17) is 4.74 Å². The number of amides is 1. The number of hydrogen-bond acceptors (Lipinski definition) is 5. The van der Waals surface area contributed by atoms with Crippen molar-refractivity contribution in [3.05, 3.63) is 59.4 Å². The van der Waals surface area contributed by atoms with Crippen LogP contribution in [0.4, 0.5) is 5.69 Å². The number of aromatic nitrogens is 1. The molecule has 0 saturated carbocycles. The highest BCUT2D eigenvalue weighted by molar-refractivity contribution is 6.02. The van der Waals surface area contributed by atoms with E-state index < -0.39 is 12.1 Å². The smallest absolute Gasteiger partial charge is 0.340 e. The third-order valence-electron chi connectivity index (χ3n) is 3.73. The second-order valence-electron chi connectivity index (χ2n) is 5.98. The quantitative estimate of drug-likeness (QED) is 0.607. The summed E-state index contributed by atoms with van der Waals surface area (Å²) in [5, 5.41) is 2.75. The van der Waals surface area contributed by atoms with E-state index in [1.54, 1.807) is 36.4 Å². The molecular formula is C20H22N2O4. The van der Waals surface area contributed by atoms with Gasteiger partial charge in [0.15, 0.2) is 6.10 Å². The lowest BCUT2D eigenvalue weighted by atomic mass is 10.1. The minimum Gasteiger partial charge on any atom is -0.451 e. The fourth-order valence-electron chi connectivity index (χ4n) is 2.27. The Balaban J connectivity index is 1.98. The molecule has 0 aliphatic heterocycles. The molecule has 0 bridgehead atoms. The Kier molecular flexibility index (Phi) is 6.60. The summed E-state index contributed by atoms with van der Waals surface area (Å²) < 4.78 is 5.22. The molecular weight excluding hydrogens is 332 g/mol. The van der Waals surface area contributed by atoms with Crippen molar-refractivity contribution >= 4 is 23.3 Å². The molecule has 26 heavy (non-hydrogen) atoms. The number of anilines is 1. The van der Waals surface area contributed by atoms with Gasteiger partial charge in [0.2, 0.25) is 11.7 Å². The van der Waals surface area contributed by atoms with Crippen LogP contribution in [0.15, 0.2) is 42.6 Å². The Labute approximate surface area is 152 Å². The van der Waals surface area contributed by atoms with Crippen LogP contribution in [0.2, 0.25) is 0 Å². The number of carbonyl (C=O) groups excluding carboxylic acids is 3. The van der Waals surface area contributed by atoms with Crippen LogP contribution in [0.1, 0.15) is 53.1 Å². The zero-order chi connectivity index (χ0) is 19.1. The number of aryl methyl sites for hydroxylation is 1. The fourth-order valence-corrected chi connectivity index (χ4v) is 2.27. The zero-order valence-corrected chi connectivity index (χ0v) is 15.1. The summed E-state index contributed by atoms with van der Waals surface area (Å²) in [6.07, 6.45) is 1.70. The number of nitrogens with one attached hydrogen (secondary N) is 1. The summed E-state index contributed by atoms with van der Waals surface area (Å²) in [6, 6.07) is 9.81. The molecule has 1 unspecified atom stereocenters. The summed E-state index contributed by atoms with van der Waals surface area (Å²) in [4.78, 5) is 40.1. The Hall–Kier alpha value is -3.02. The Morgan fingerprint density at radius 2 is 1.73 bits per heavy atom. The average Bonchev–Trinajstić information content (AvgIpc) is 2.62. The standard InChI is InChI=1S/C20H22N2O4/c1-4-5-18(23)22-17-10-8-15(9-11-17)19(24)14(3)26-20(25)16-7-6-13(2)21-12-16/h6-12,14H,4-5H2,1-3H3,(H,22,23). The predicted octanol–water partition coefficient (Wildman–Crippen LogP) is 3.56. The van der Waals surface area contributed by atoms with E-state index in [0.717, 1.165) is 12.1 Å². The van der Waals surface area contributed by atoms with Gasteiger partial charge in [-0.05, 0) is 56.7 Å². The molecule has 136 valence electrons. The van der Waals surface area contributed by atoms with Crippen LogP contribution < -0.4 is 5.32 Å². The first kappa shape index (κ1) is 19.3. The number of ether oxygens (including phenoxy) is 1. The summed E-state index contributed by atoms with van der Waals surface area (Å²) in [5.41, 5.74) is 2.11. The number of esters is 1. The maximum Gasteiger partial charge on any atom is 0.340 e. The van der Waals surface area contributed by atoms with E-state index in [0.29, 0.717) is 23.2 Å². The molecule has 1 amide bonds. The van der Waals surface area contributed by atoms with Crippen LogP contribution in [0.25, 0.3) is 0 Å². The van der Waals surface area contributed by atoms with Crippen LogP contribution in [0, 0.1) is 6.92 Å². The van der Waals surface area contributed by atoms with E-state index in [1.165, 1.54) is 13.1 Å². The molecule has 6 heteroatoms. The molecule has 2 rings (SSSR count). The van der Waals surface area contributed by atoms with Gasteiger partial charge in [-0.2, -0.15) is 0 Å². The molecule has 1 aromatic heterocycles. The number of ketones is 1. The normalized spacial score (nSPS) is 11.5. The number of rotatable bonds is 7. The van der Waals surface area contributed by atoms with Crippen LogP contribution in [-0.4, -0.2) is 28.7 Å². The molecule has 0 saturated heterocycles. The molecule has 2 aromatic rings. The van der Waals surface area contributed by atoms with Crippen molar-refractivity contribution in [3.8, 4) is 0 Å². The van der Waals surface area contributed by atoms with Crippen molar-refractivity contribution in [2.24, 2.45) is 0 Å². The van der Waals surface area contributed by atoms with E-state index in [2.05, 4.69) is 10.3 Å². The SMILES string of the molecule is CCCC(=O)Nc1ccc(C(=O)C(C)OC(=O)c2ccc(C)nc2)cc1. The maximum atomic E-state index is 12.4. The van der Waals surface area contributed by atoms with Gasteiger partial charge < -0.3 is 10.1 Å². The van der Waals surface area contributed by atoms with Crippen LogP contribution >= 0.6 is 0 Å². The summed E-state index contributed by atoms with van der Waals surface area (Å²) in [7, 11) is 0. The fraction of sp³-hybridized carbons (Fsp3) is 0.300. The second kappa shape index (κ2) is 8.89. The van der Waals surface area contributed by atoms with Crippen molar-refractivity contribution in [2.45, 2.75) is 39.7 Å². The van der Waals surface area contributed by atoms with Crippen LogP contribution in [0.5, 0.6) is 0 Å². The zero-order valence-electron chi connectivity index (χ0n) is 15.1.